The van der Waals surface area contributed by atoms with E-state index in [1.807, 2.05) is 0 Å². The maximum absolute atomic E-state index is 10.9. The minimum absolute atomic E-state index is 0. The van der Waals surface area contributed by atoms with Crippen molar-refractivity contribution in [2.75, 3.05) is 0 Å². The van der Waals surface area contributed by atoms with E-state index in [2.05, 4.69) is 4.98 Å². The molecule has 0 fully saturated rings. The quantitative estimate of drug-likeness (QED) is 0.760. The van der Waals surface area contributed by atoms with Gasteiger partial charge in [0.1, 0.15) is 0 Å². The molecule has 1 aromatic heterocycles. The molecule has 0 aliphatic carbocycles. The number of hydrogen-bond acceptors (Lipinski definition) is 3. The average molecular weight is 205 g/mol. The lowest BCUT2D eigenvalue weighted by Gasteiger charge is -1.99. The van der Waals surface area contributed by atoms with Crippen molar-refractivity contribution in [2.24, 2.45) is 0 Å². The number of nitrogens with zero attached hydrogens (tertiary/aromatic N) is 2. The van der Waals surface area contributed by atoms with Gasteiger partial charge in [0, 0.05) is 18.9 Å². The van der Waals surface area contributed by atoms with Crippen LogP contribution in [0, 0.1) is 0 Å². The van der Waals surface area contributed by atoms with E-state index < -0.39 is 11.7 Å². The Labute approximate surface area is 80.4 Å². The molecule has 0 aliphatic rings. The molecule has 1 heterocycles. The molecular weight excluding hydrogens is 196 g/mol. The van der Waals surface area contributed by atoms with E-state index in [1.54, 1.807) is 6.07 Å². The molecule has 0 bridgehead atoms. The lowest BCUT2D eigenvalue weighted by Crippen LogP contribution is -2.22. The molecule has 0 aromatic carbocycles. The first-order valence-electron chi connectivity index (χ1n) is 3.43. The fraction of sp³-hybridized carbons (Fsp3) is 0.286. The largest absolute Gasteiger partial charge is 0.481 e. The van der Waals surface area contributed by atoms with E-state index in [0.29, 0.717) is 0 Å². The first-order chi connectivity index (χ1) is 5.70. The van der Waals surface area contributed by atoms with Crippen LogP contribution < -0.4 is 5.69 Å². The van der Waals surface area contributed by atoms with Crippen LogP contribution >= 0.6 is 12.4 Å². The molecule has 6 heteroatoms. The lowest BCUT2D eigenvalue weighted by atomic mass is 10.4. The van der Waals surface area contributed by atoms with Crippen molar-refractivity contribution < 1.29 is 9.90 Å². The number of aromatic nitrogens is 2. The Balaban J connectivity index is 0.00000144. The van der Waals surface area contributed by atoms with Crippen LogP contribution in [0.4, 0.5) is 0 Å². The van der Waals surface area contributed by atoms with E-state index in [0.717, 1.165) is 0 Å². The van der Waals surface area contributed by atoms with Crippen LogP contribution in [0.15, 0.2) is 23.3 Å². The van der Waals surface area contributed by atoms with Crippen LogP contribution in [0.5, 0.6) is 0 Å². The van der Waals surface area contributed by atoms with Gasteiger partial charge < -0.3 is 5.11 Å². The summed E-state index contributed by atoms with van der Waals surface area (Å²) in [5.41, 5.74) is -0.418. The van der Waals surface area contributed by atoms with Crippen molar-refractivity contribution in [3.8, 4) is 0 Å². The highest BCUT2D eigenvalue weighted by Gasteiger charge is 1.98. The van der Waals surface area contributed by atoms with Gasteiger partial charge in [-0.25, -0.2) is 9.78 Å². The third-order valence-electron chi connectivity index (χ3n) is 1.35. The molecule has 0 amide bonds. The highest BCUT2D eigenvalue weighted by Crippen LogP contribution is 1.85. The summed E-state index contributed by atoms with van der Waals surface area (Å²) in [4.78, 5) is 24.5. The van der Waals surface area contributed by atoms with Gasteiger partial charge in [0.15, 0.2) is 0 Å². The van der Waals surface area contributed by atoms with Crippen LogP contribution in [0.2, 0.25) is 0 Å². The Morgan fingerprint density at radius 3 is 2.85 bits per heavy atom. The SMILES string of the molecule is Cl.O=C(O)CCn1cccnc1=O. The first-order valence-corrected chi connectivity index (χ1v) is 3.43. The normalized spacial score (nSPS) is 8.92. The van der Waals surface area contributed by atoms with Gasteiger partial charge >= 0.3 is 11.7 Å². The first kappa shape index (κ1) is 11.6. The summed E-state index contributed by atoms with van der Waals surface area (Å²) in [5, 5.41) is 8.33. The number of hydrogen-bond donors (Lipinski definition) is 1. The van der Waals surface area contributed by atoms with E-state index >= 15 is 0 Å². The van der Waals surface area contributed by atoms with Crippen LogP contribution in [-0.4, -0.2) is 20.6 Å². The summed E-state index contributed by atoms with van der Waals surface area (Å²) in [6, 6.07) is 1.59. The Hall–Kier alpha value is -1.36. The Bertz CT molecular complexity index is 337. The van der Waals surface area contributed by atoms with Crippen molar-refractivity contribution in [1.82, 2.24) is 9.55 Å². The van der Waals surface area contributed by atoms with E-state index in [9.17, 15) is 9.59 Å². The third kappa shape index (κ3) is 3.71. The second-order valence-electron chi connectivity index (χ2n) is 2.24. The maximum atomic E-state index is 10.9. The predicted molar refractivity (Wildman–Crippen MR) is 48.0 cm³/mol. The molecule has 0 spiro atoms. The average Bonchev–Trinajstić information content (AvgIpc) is 2.03. The van der Waals surface area contributed by atoms with Gasteiger partial charge in [0.25, 0.3) is 0 Å². The Morgan fingerprint density at radius 1 is 1.62 bits per heavy atom. The number of carboxylic acids is 1. The van der Waals surface area contributed by atoms with Gasteiger partial charge in [-0.1, -0.05) is 0 Å². The molecular formula is C7H9ClN2O3. The van der Waals surface area contributed by atoms with Crippen molar-refractivity contribution in [2.45, 2.75) is 13.0 Å². The maximum Gasteiger partial charge on any atom is 0.347 e. The molecule has 0 unspecified atom stereocenters. The molecule has 5 nitrogen and oxygen atoms in total. The zero-order valence-electron chi connectivity index (χ0n) is 6.71. The van der Waals surface area contributed by atoms with Gasteiger partial charge in [0.2, 0.25) is 0 Å². The molecule has 0 saturated heterocycles. The Kier molecular flexibility index (Phi) is 4.76. The third-order valence-corrected chi connectivity index (χ3v) is 1.35. The zero-order chi connectivity index (χ0) is 8.97. The molecule has 1 N–H and O–H groups in total. The van der Waals surface area contributed by atoms with Crippen LogP contribution in [0.1, 0.15) is 6.42 Å². The van der Waals surface area contributed by atoms with Gasteiger partial charge in [-0.2, -0.15) is 0 Å². The fourth-order valence-corrected chi connectivity index (χ4v) is 0.773. The monoisotopic (exact) mass is 204 g/mol. The van der Waals surface area contributed by atoms with E-state index in [4.69, 9.17) is 5.11 Å². The molecule has 72 valence electrons. The molecule has 0 radical (unpaired) electrons. The Morgan fingerprint density at radius 2 is 2.31 bits per heavy atom. The minimum atomic E-state index is -0.925. The molecule has 1 rings (SSSR count). The summed E-state index contributed by atoms with van der Waals surface area (Å²) < 4.78 is 1.26. The molecule has 1 aromatic rings. The van der Waals surface area contributed by atoms with Crippen molar-refractivity contribution in [3.63, 3.8) is 0 Å². The number of rotatable bonds is 3. The van der Waals surface area contributed by atoms with Crippen LogP contribution in [0.25, 0.3) is 0 Å². The molecule has 0 aliphatic heterocycles. The topological polar surface area (TPSA) is 72.2 Å². The smallest absolute Gasteiger partial charge is 0.347 e. The molecule has 0 saturated carbocycles. The standard InChI is InChI=1S/C7H8N2O3.ClH/c10-6(11)2-5-9-4-1-3-8-7(9)12;/h1,3-4H,2,5H2,(H,10,11);1H. The summed E-state index contributed by atoms with van der Waals surface area (Å²) in [5.74, 6) is -0.925. The number of carboxylic acid groups (broad SMARTS) is 1. The highest BCUT2D eigenvalue weighted by molar-refractivity contribution is 5.85. The summed E-state index contributed by atoms with van der Waals surface area (Å²) >= 11 is 0. The van der Waals surface area contributed by atoms with Crippen molar-refractivity contribution in [3.05, 3.63) is 28.9 Å². The molecule has 13 heavy (non-hydrogen) atoms. The van der Waals surface area contributed by atoms with Crippen molar-refractivity contribution >= 4 is 18.4 Å². The lowest BCUT2D eigenvalue weighted by molar-refractivity contribution is -0.137. The van der Waals surface area contributed by atoms with Crippen LogP contribution in [0.3, 0.4) is 0 Å². The number of halogens is 1. The summed E-state index contributed by atoms with van der Waals surface area (Å²) in [7, 11) is 0. The molecule has 0 atom stereocenters. The summed E-state index contributed by atoms with van der Waals surface area (Å²) in [6.45, 7) is 0.169. The van der Waals surface area contributed by atoms with E-state index in [1.165, 1.54) is 17.0 Å². The second-order valence-corrected chi connectivity index (χ2v) is 2.24. The van der Waals surface area contributed by atoms with Crippen molar-refractivity contribution in [1.29, 1.82) is 0 Å². The van der Waals surface area contributed by atoms with Gasteiger partial charge in [-0.05, 0) is 6.07 Å². The number of carbonyl (C=O) groups is 1. The summed E-state index contributed by atoms with van der Waals surface area (Å²) in [6.07, 6.45) is 2.82. The number of aryl methyl sites for hydroxylation is 1. The fourth-order valence-electron chi connectivity index (χ4n) is 0.773. The van der Waals surface area contributed by atoms with Gasteiger partial charge in [-0.3, -0.25) is 9.36 Å². The zero-order valence-corrected chi connectivity index (χ0v) is 7.53. The second kappa shape index (κ2) is 5.31. The minimum Gasteiger partial charge on any atom is -0.481 e. The van der Waals surface area contributed by atoms with Gasteiger partial charge in [0.05, 0.1) is 6.42 Å². The predicted octanol–water partition coefficient (Wildman–Crippen LogP) is 0.140. The van der Waals surface area contributed by atoms with Gasteiger partial charge in [-0.15, -0.1) is 12.4 Å². The van der Waals surface area contributed by atoms with E-state index in [-0.39, 0.29) is 25.4 Å². The number of aliphatic carboxylic acids is 1. The highest BCUT2D eigenvalue weighted by atomic mass is 35.5. The van der Waals surface area contributed by atoms with Crippen LogP contribution in [-0.2, 0) is 11.3 Å².